The van der Waals surface area contributed by atoms with Crippen LogP contribution in [0.2, 0.25) is 0 Å². The lowest BCUT2D eigenvalue weighted by Gasteiger charge is -2.21. The Balaban J connectivity index is 0. The van der Waals surface area contributed by atoms with Gasteiger partial charge in [-0.25, -0.2) is 0 Å². The van der Waals surface area contributed by atoms with Crippen molar-refractivity contribution < 1.29 is 4.79 Å². The molecule has 0 saturated heterocycles. The highest BCUT2D eigenvalue weighted by Gasteiger charge is 2.15. The van der Waals surface area contributed by atoms with Gasteiger partial charge in [0.15, 0.2) is 0 Å². The van der Waals surface area contributed by atoms with Crippen molar-refractivity contribution in [1.82, 2.24) is 5.32 Å². The third kappa shape index (κ3) is 7.62. The van der Waals surface area contributed by atoms with E-state index in [1.807, 2.05) is 20.8 Å². The van der Waals surface area contributed by atoms with Crippen molar-refractivity contribution in [1.29, 1.82) is 0 Å². The Labute approximate surface area is 74.1 Å². The van der Waals surface area contributed by atoms with Crippen LogP contribution < -0.4 is 11.1 Å². The van der Waals surface area contributed by atoms with Gasteiger partial charge < -0.3 is 11.1 Å². The number of amides is 1. The molecule has 0 aromatic heterocycles. The van der Waals surface area contributed by atoms with Gasteiger partial charge in [-0.1, -0.05) is 0 Å². The van der Waals surface area contributed by atoms with Crippen molar-refractivity contribution >= 4 is 18.3 Å². The number of rotatable bonds is 1. The molecule has 11 heavy (non-hydrogen) atoms. The van der Waals surface area contributed by atoms with Crippen LogP contribution in [-0.2, 0) is 4.79 Å². The van der Waals surface area contributed by atoms with Crippen molar-refractivity contribution in [2.24, 2.45) is 5.73 Å². The van der Waals surface area contributed by atoms with E-state index in [0.717, 1.165) is 0 Å². The van der Waals surface area contributed by atoms with E-state index >= 15 is 0 Å². The quantitative estimate of drug-likeness (QED) is 0.624. The summed E-state index contributed by atoms with van der Waals surface area (Å²) >= 11 is 0. The molecule has 68 valence electrons. The molecule has 0 aliphatic rings. The van der Waals surface area contributed by atoms with Crippen LogP contribution in [0, 0.1) is 0 Å². The second kappa shape index (κ2) is 4.57. The molecule has 0 spiro atoms. The Bertz CT molecular complexity index is 129. The van der Waals surface area contributed by atoms with E-state index < -0.39 is 6.04 Å². The van der Waals surface area contributed by atoms with Crippen LogP contribution in [0.3, 0.4) is 0 Å². The predicted molar refractivity (Wildman–Crippen MR) is 48.8 cm³/mol. The first-order valence-electron chi connectivity index (χ1n) is 3.40. The highest BCUT2D eigenvalue weighted by molar-refractivity contribution is 5.85. The SMILES string of the molecule is CC(N)C(=O)NC(C)(C)C.Cl. The summed E-state index contributed by atoms with van der Waals surface area (Å²) in [5, 5.41) is 2.75. The zero-order valence-electron chi connectivity index (χ0n) is 7.47. The molecule has 0 aliphatic heterocycles. The molecule has 1 amide bonds. The number of carbonyl (C=O) groups excluding carboxylic acids is 1. The lowest BCUT2D eigenvalue weighted by atomic mass is 10.1. The summed E-state index contributed by atoms with van der Waals surface area (Å²) in [6.45, 7) is 7.44. The summed E-state index contributed by atoms with van der Waals surface area (Å²) in [6.07, 6.45) is 0. The summed E-state index contributed by atoms with van der Waals surface area (Å²) in [4.78, 5) is 10.9. The third-order valence-electron chi connectivity index (χ3n) is 0.912. The fourth-order valence-electron chi connectivity index (χ4n) is 0.483. The first kappa shape index (κ1) is 13.3. The van der Waals surface area contributed by atoms with Gasteiger partial charge in [0.1, 0.15) is 0 Å². The molecule has 0 radical (unpaired) electrons. The highest BCUT2D eigenvalue weighted by Crippen LogP contribution is 1.98. The molecule has 0 rings (SSSR count). The van der Waals surface area contributed by atoms with E-state index in [1.165, 1.54) is 0 Å². The molecule has 0 aliphatic carbocycles. The Morgan fingerprint density at radius 3 is 1.91 bits per heavy atom. The molecule has 0 aromatic rings. The van der Waals surface area contributed by atoms with Crippen molar-refractivity contribution in [2.45, 2.75) is 39.3 Å². The predicted octanol–water partition coefficient (Wildman–Crippen LogP) is 0.670. The Hall–Kier alpha value is -0.280. The number of hydrogen-bond acceptors (Lipinski definition) is 2. The van der Waals surface area contributed by atoms with Crippen molar-refractivity contribution in [3.8, 4) is 0 Å². The molecule has 4 heteroatoms. The average molecular weight is 181 g/mol. The molecule has 1 atom stereocenters. The van der Waals surface area contributed by atoms with Crippen LogP contribution in [-0.4, -0.2) is 17.5 Å². The van der Waals surface area contributed by atoms with Crippen LogP contribution in [0.15, 0.2) is 0 Å². The number of halogens is 1. The average Bonchev–Trinajstić information content (AvgIpc) is 1.60. The molecule has 0 aromatic carbocycles. The second-order valence-corrected chi connectivity index (χ2v) is 3.53. The Morgan fingerprint density at radius 1 is 1.45 bits per heavy atom. The summed E-state index contributed by atoms with van der Waals surface area (Å²) in [7, 11) is 0. The maximum absolute atomic E-state index is 10.9. The summed E-state index contributed by atoms with van der Waals surface area (Å²) in [5.74, 6) is -0.104. The number of hydrogen-bond donors (Lipinski definition) is 2. The van der Waals surface area contributed by atoms with Crippen LogP contribution in [0.25, 0.3) is 0 Å². The van der Waals surface area contributed by atoms with E-state index in [0.29, 0.717) is 0 Å². The minimum absolute atomic E-state index is 0. The van der Waals surface area contributed by atoms with Gasteiger partial charge in [-0.15, -0.1) is 12.4 Å². The highest BCUT2D eigenvalue weighted by atomic mass is 35.5. The fourth-order valence-corrected chi connectivity index (χ4v) is 0.483. The number of nitrogens with one attached hydrogen (secondary N) is 1. The zero-order valence-corrected chi connectivity index (χ0v) is 8.29. The van der Waals surface area contributed by atoms with E-state index in [2.05, 4.69) is 5.32 Å². The first-order valence-corrected chi connectivity index (χ1v) is 3.40. The Kier molecular flexibility index (Phi) is 5.53. The normalized spacial score (nSPS) is 13.2. The van der Waals surface area contributed by atoms with Crippen LogP contribution in [0.1, 0.15) is 27.7 Å². The van der Waals surface area contributed by atoms with Gasteiger partial charge in [0, 0.05) is 5.54 Å². The molecule has 1 unspecified atom stereocenters. The molecular weight excluding hydrogens is 164 g/mol. The van der Waals surface area contributed by atoms with Crippen molar-refractivity contribution in [3.63, 3.8) is 0 Å². The topological polar surface area (TPSA) is 55.1 Å². The zero-order chi connectivity index (χ0) is 8.36. The molecule has 3 N–H and O–H groups in total. The van der Waals surface area contributed by atoms with Crippen LogP contribution in [0.5, 0.6) is 0 Å². The number of nitrogens with two attached hydrogens (primary N) is 1. The van der Waals surface area contributed by atoms with Gasteiger partial charge in [-0.3, -0.25) is 4.79 Å². The summed E-state index contributed by atoms with van der Waals surface area (Å²) in [6, 6.07) is -0.417. The van der Waals surface area contributed by atoms with Gasteiger partial charge in [-0.2, -0.15) is 0 Å². The molecule has 0 saturated carbocycles. The summed E-state index contributed by atoms with van der Waals surface area (Å²) in [5.41, 5.74) is 5.16. The maximum Gasteiger partial charge on any atom is 0.237 e. The second-order valence-electron chi connectivity index (χ2n) is 3.53. The van der Waals surface area contributed by atoms with Crippen molar-refractivity contribution in [3.05, 3.63) is 0 Å². The van der Waals surface area contributed by atoms with E-state index in [1.54, 1.807) is 6.92 Å². The lowest BCUT2D eigenvalue weighted by molar-refractivity contribution is -0.123. The van der Waals surface area contributed by atoms with Gasteiger partial charge >= 0.3 is 0 Å². The van der Waals surface area contributed by atoms with E-state index in [-0.39, 0.29) is 23.9 Å². The Morgan fingerprint density at radius 2 is 1.82 bits per heavy atom. The van der Waals surface area contributed by atoms with Crippen molar-refractivity contribution in [2.75, 3.05) is 0 Å². The monoisotopic (exact) mass is 180 g/mol. The smallest absolute Gasteiger partial charge is 0.237 e. The minimum atomic E-state index is -0.417. The standard InChI is InChI=1S/C7H16N2O.ClH/c1-5(8)6(10)9-7(2,3)4;/h5H,8H2,1-4H3,(H,9,10);1H. The van der Waals surface area contributed by atoms with Crippen LogP contribution >= 0.6 is 12.4 Å². The van der Waals surface area contributed by atoms with E-state index in [9.17, 15) is 4.79 Å². The van der Waals surface area contributed by atoms with Gasteiger partial charge in [0.25, 0.3) is 0 Å². The lowest BCUT2D eigenvalue weighted by Crippen LogP contribution is -2.47. The molecular formula is C7H17ClN2O. The summed E-state index contributed by atoms with van der Waals surface area (Å²) < 4.78 is 0. The van der Waals surface area contributed by atoms with Gasteiger partial charge in [0.2, 0.25) is 5.91 Å². The maximum atomic E-state index is 10.9. The van der Waals surface area contributed by atoms with Gasteiger partial charge in [-0.05, 0) is 27.7 Å². The van der Waals surface area contributed by atoms with Crippen LogP contribution in [0.4, 0.5) is 0 Å². The molecule has 0 fully saturated rings. The van der Waals surface area contributed by atoms with E-state index in [4.69, 9.17) is 5.73 Å². The largest absolute Gasteiger partial charge is 0.350 e. The fraction of sp³-hybridized carbons (Fsp3) is 0.857. The minimum Gasteiger partial charge on any atom is -0.350 e. The van der Waals surface area contributed by atoms with Gasteiger partial charge in [0.05, 0.1) is 6.04 Å². The molecule has 0 bridgehead atoms. The third-order valence-corrected chi connectivity index (χ3v) is 0.912. The molecule has 0 heterocycles. The molecule has 3 nitrogen and oxygen atoms in total. The number of carbonyl (C=O) groups is 1. The first-order chi connectivity index (χ1) is 4.33.